The summed E-state index contributed by atoms with van der Waals surface area (Å²) in [4.78, 5) is 61.0. The molecule has 4 atom stereocenters. The van der Waals surface area contributed by atoms with E-state index in [0.29, 0.717) is 51.7 Å². The number of benzene rings is 2. The molecule has 48 heavy (non-hydrogen) atoms. The zero-order chi connectivity index (χ0) is 34.9. The largest absolute Gasteiger partial charge is 0.370 e. The van der Waals surface area contributed by atoms with E-state index in [2.05, 4.69) is 10.3 Å². The highest BCUT2D eigenvalue weighted by atomic mass is 32.2. The Labute approximate surface area is 290 Å². The number of thioether (sulfide) groups is 1. The van der Waals surface area contributed by atoms with Gasteiger partial charge in [-0.15, -0.1) is 0 Å². The van der Waals surface area contributed by atoms with Crippen LogP contribution in [0.4, 0.5) is 0 Å². The molecule has 2 aromatic rings. The normalized spacial score (nSPS) is 15.9. The zero-order valence-corrected chi connectivity index (χ0v) is 29.3. The maximum Gasteiger partial charge on any atom is 0.226 e. The van der Waals surface area contributed by atoms with E-state index < -0.39 is 23.9 Å². The third-order valence-electron chi connectivity index (χ3n) is 8.60. The fraction of sp³-hybridized carbons (Fsp3) is 0.541. The Balaban J connectivity index is 1.78. The van der Waals surface area contributed by atoms with Crippen LogP contribution in [0.15, 0.2) is 65.7 Å². The number of guanidine groups is 1. The Morgan fingerprint density at radius 3 is 2.10 bits per heavy atom. The van der Waals surface area contributed by atoms with Crippen LogP contribution in [-0.2, 0) is 32.0 Å². The third kappa shape index (κ3) is 13.8. The van der Waals surface area contributed by atoms with Crippen molar-refractivity contribution in [3.05, 3.63) is 71.8 Å². The number of nitrogens with two attached hydrogens (primary N) is 3. The van der Waals surface area contributed by atoms with Gasteiger partial charge in [-0.05, 0) is 61.3 Å². The van der Waals surface area contributed by atoms with Gasteiger partial charge in [-0.2, -0.15) is 11.8 Å². The topological polar surface area (TPSA) is 174 Å². The van der Waals surface area contributed by atoms with Gasteiger partial charge in [0.2, 0.25) is 11.8 Å². The lowest BCUT2D eigenvalue weighted by molar-refractivity contribution is -0.139. The summed E-state index contributed by atoms with van der Waals surface area (Å²) < 4.78 is 0. The van der Waals surface area contributed by atoms with E-state index in [0.717, 1.165) is 29.1 Å². The molecule has 0 aromatic heterocycles. The first-order valence-electron chi connectivity index (χ1n) is 17.1. The highest BCUT2D eigenvalue weighted by Gasteiger charge is 2.33. The number of nitrogens with zero attached hydrogens (tertiary/aromatic N) is 2. The quantitative estimate of drug-likeness (QED) is 0.0993. The minimum absolute atomic E-state index is 0.00615. The minimum Gasteiger partial charge on any atom is -0.370 e. The van der Waals surface area contributed by atoms with Crippen LogP contribution in [0, 0.1) is 17.8 Å². The Morgan fingerprint density at radius 2 is 1.48 bits per heavy atom. The number of Topliss-reactive ketones (excluding diaryl/α,β-unsaturated/α-hetero) is 2. The molecule has 1 aliphatic rings. The average molecular weight is 679 g/mol. The van der Waals surface area contributed by atoms with Gasteiger partial charge < -0.3 is 27.4 Å². The van der Waals surface area contributed by atoms with Crippen molar-refractivity contribution >= 4 is 41.1 Å². The van der Waals surface area contributed by atoms with Crippen molar-refractivity contribution in [2.24, 2.45) is 39.9 Å². The number of rotatable bonds is 19. The summed E-state index contributed by atoms with van der Waals surface area (Å²) in [5.74, 6) is -0.0872. The first-order chi connectivity index (χ1) is 23.0. The van der Waals surface area contributed by atoms with Crippen LogP contribution in [-0.4, -0.2) is 77.5 Å². The maximum absolute atomic E-state index is 14.0. The highest BCUT2D eigenvalue weighted by molar-refractivity contribution is 7.99. The first-order valence-corrected chi connectivity index (χ1v) is 18.3. The van der Waals surface area contributed by atoms with Gasteiger partial charge in [0.15, 0.2) is 17.5 Å². The summed E-state index contributed by atoms with van der Waals surface area (Å²) in [5.41, 5.74) is 19.2. The standard InChI is InChI=1S/C37H54N6O4S/c1-26(2)21-32(34(45)24-29(15-9-16-41-37(39)40)36(47)43-17-10-19-48-20-18-43)42-35(46)30(22-27-11-5-3-6-12-27)25-33(44)31(38)23-28-13-7-4-8-14-28/h3-8,11-14,26,29-32H,9-10,15-25,38H2,1-2H3,(H,42,46)(H4,39,40,41)/t29-,30-,31+,32+/m0/s1. The lowest BCUT2D eigenvalue weighted by Crippen LogP contribution is -2.47. The Kier molecular flexibility index (Phi) is 16.6. The number of carbonyl (C=O) groups is 4. The molecule has 2 amide bonds. The van der Waals surface area contributed by atoms with E-state index in [1.165, 1.54) is 0 Å². The van der Waals surface area contributed by atoms with E-state index in [1.54, 1.807) is 0 Å². The van der Waals surface area contributed by atoms with Gasteiger partial charge in [-0.3, -0.25) is 24.2 Å². The van der Waals surface area contributed by atoms with Crippen LogP contribution in [0.1, 0.15) is 63.5 Å². The van der Waals surface area contributed by atoms with Crippen molar-refractivity contribution in [3.8, 4) is 0 Å². The molecule has 0 radical (unpaired) electrons. The Hall–Kier alpha value is -3.70. The molecule has 0 unspecified atom stereocenters. The molecule has 262 valence electrons. The summed E-state index contributed by atoms with van der Waals surface area (Å²) >= 11 is 1.83. The van der Waals surface area contributed by atoms with E-state index in [-0.39, 0.29) is 48.1 Å². The number of ketones is 2. The lowest BCUT2D eigenvalue weighted by atomic mass is 9.87. The minimum atomic E-state index is -0.795. The van der Waals surface area contributed by atoms with Crippen molar-refractivity contribution in [2.75, 3.05) is 31.1 Å². The molecule has 2 aromatic carbocycles. The lowest BCUT2D eigenvalue weighted by Gasteiger charge is -2.28. The molecular weight excluding hydrogens is 625 g/mol. The Morgan fingerprint density at radius 1 is 0.854 bits per heavy atom. The van der Waals surface area contributed by atoms with Crippen LogP contribution in [0.5, 0.6) is 0 Å². The first kappa shape index (κ1) is 38.7. The van der Waals surface area contributed by atoms with Crippen LogP contribution in [0.3, 0.4) is 0 Å². The summed E-state index contributed by atoms with van der Waals surface area (Å²) in [7, 11) is 0. The fourth-order valence-corrected chi connectivity index (χ4v) is 6.92. The van der Waals surface area contributed by atoms with Crippen molar-refractivity contribution in [3.63, 3.8) is 0 Å². The number of aliphatic imine (C=N–C) groups is 1. The molecule has 0 spiro atoms. The second kappa shape index (κ2) is 20.6. The van der Waals surface area contributed by atoms with Crippen molar-refractivity contribution < 1.29 is 19.2 Å². The van der Waals surface area contributed by atoms with E-state index in [1.807, 2.05) is 91.2 Å². The van der Waals surface area contributed by atoms with E-state index >= 15 is 0 Å². The summed E-state index contributed by atoms with van der Waals surface area (Å²) in [6, 6.07) is 17.5. The summed E-state index contributed by atoms with van der Waals surface area (Å²) in [5, 5.41) is 3.01. The molecule has 11 heteroatoms. The summed E-state index contributed by atoms with van der Waals surface area (Å²) in [6.45, 7) is 5.66. The number of hydrogen-bond donors (Lipinski definition) is 4. The second-order valence-electron chi connectivity index (χ2n) is 13.2. The molecule has 0 bridgehead atoms. The maximum atomic E-state index is 14.0. The molecule has 1 heterocycles. The van der Waals surface area contributed by atoms with Crippen molar-refractivity contribution in [1.82, 2.24) is 10.2 Å². The Bertz CT molecular complexity index is 1330. The van der Waals surface area contributed by atoms with E-state index in [4.69, 9.17) is 17.2 Å². The van der Waals surface area contributed by atoms with Crippen LogP contribution >= 0.6 is 11.8 Å². The van der Waals surface area contributed by atoms with Gasteiger partial charge in [-0.25, -0.2) is 0 Å². The predicted molar refractivity (Wildman–Crippen MR) is 194 cm³/mol. The van der Waals surface area contributed by atoms with Gasteiger partial charge >= 0.3 is 0 Å². The summed E-state index contributed by atoms with van der Waals surface area (Å²) in [6.07, 6.45) is 3.00. The number of carbonyl (C=O) groups excluding carboxylic acids is 4. The van der Waals surface area contributed by atoms with Crippen LogP contribution in [0.2, 0.25) is 0 Å². The number of amides is 2. The molecule has 3 rings (SSSR count). The molecule has 0 saturated carbocycles. The molecule has 1 saturated heterocycles. The molecule has 1 aliphatic heterocycles. The highest BCUT2D eigenvalue weighted by Crippen LogP contribution is 2.22. The molecule has 1 fully saturated rings. The van der Waals surface area contributed by atoms with Crippen LogP contribution < -0.4 is 22.5 Å². The van der Waals surface area contributed by atoms with Crippen LogP contribution in [0.25, 0.3) is 0 Å². The molecule has 7 N–H and O–H groups in total. The van der Waals surface area contributed by atoms with Gasteiger partial charge in [0.05, 0.1) is 12.1 Å². The van der Waals surface area contributed by atoms with Gasteiger partial charge in [-0.1, -0.05) is 74.5 Å². The predicted octanol–water partition coefficient (Wildman–Crippen LogP) is 3.50. The fourth-order valence-electron chi connectivity index (χ4n) is 6.03. The monoisotopic (exact) mass is 678 g/mol. The van der Waals surface area contributed by atoms with Gasteiger partial charge in [0.25, 0.3) is 0 Å². The van der Waals surface area contributed by atoms with E-state index in [9.17, 15) is 19.2 Å². The van der Waals surface area contributed by atoms with Crippen molar-refractivity contribution in [2.45, 2.75) is 77.3 Å². The molecular formula is C37H54N6O4S. The van der Waals surface area contributed by atoms with Crippen molar-refractivity contribution in [1.29, 1.82) is 0 Å². The molecule has 0 aliphatic carbocycles. The average Bonchev–Trinajstić information content (AvgIpc) is 3.35. The smallest absolute Gasteiger partial charge is 0.226 e. The number of nitrogens with one attached hydrogen (secondary N) is 1. The zero-order valence-electron chi connectivity index (χ0n) is 28.5. The van der Waals surface area contributed by atoms with Gasteiger partial charge in [0, 0.05) is 50.1 Å². The second-order valence-corrected chi connectivity index (χ2v) is 14.4. The number of hydrogen-bond acceptors (Lipinski definition) is 7. The SMILES string of the molecule is CC(C)C[C@@H](NC(=O)[C@H](CC(=O)[C@H](N)Cc1ccccc1)Cc1ccccc1)C(=O)C[C@H](CCCN=C(N)N)C(=O)N1CCCSCC1. The van der Waals surface area contributed by atoms with Gasteiger partial charge in [0.1, 0.15) is 0 Å². The molecule has 10 nitrogen and oxygen atoms in total. The third-order valence-corrected chi connectivity index (χ3v) is 9.65.